The smallest absolute Gasteiger partial charge is 0.0826 e. The normalized spacial score (nSPS) is 13.4. The predicted octanol–water partition coefficient (Wildman–Crippen LogP) is 16.9. The van der Waals surface area contributed by atoms with Crippen LogP contribution in [0.4, 0.5) is 17.1 Å². The molecule has 3 nitrogen and oxygen atoms in total. The number of thiophene rings is 1. The average Bonchev–Trinajstić information content (AvgIpc) is 4.15. The van der Waals surface area contributed by atoms with Crippen LogP contribution in [0.15, 0.2) is 188 Å². The van der Waals surface area contributed by atoms with Crippen LogP contribution in [0, 0.1) is 0 Å². The van der Waals surface area contributed by atoms with Gasteiger partial charge in [-0.3, -0.25) is 0 Å². The maximum absolute atomic E-state index is 4.86. The van der Waals surface area contributed by atoms with Crippen molar-refractivity contribution in [3.05, 3.63) is 199 Å². The van der Waals surface area contributed by atoms with Crippen molar-refractivity contribution >= 4 is 108 Å². The van der Waals surface area contributed by atoms with Gasteiger partial charge in [0, 0.05) is 64.2 Å². The molecule has 0 spiro atoms. The minimum atomic E-state index is -0.127. The predicted molar refractivity (Wildman–Crippen MR) is 270 cm³/mol. The van der Waals surface area contributed by atoms with Crippen molar-refractivity contribution in [2.24, 2.45) is 0 Å². The molecule has 0 bridgehead atoms. The van der Waals surface area contributed by atoms with E-state index in [4.69, 9.17) is 4.98 Å². The molecule has 1 aliphatic rings. The van der Waals surface area contributed by atoms with E-state index in [1.54, 1.807) is 11.3 Å². The van der Waals surface area contributed by atoms with E-state index in [0.29, 0.717) is 0 Å². The van der Waals surface area contributed by atoms with Crippen molar-refractivity contribution < 1.29 is 0 Å². The Kier molecular flexibility index (Phi) is 7.21. The topological polar surface area (TPSA) is 20.5 Å². The first-order valence-corrected chi connectivity index (χ1v) is 23.3. The van der Waals surface area contributed by atoms with Gasteiger partial charge in [0.15, 0.2) is 0 Å². The van der Waals surface area contributed by atoms with Gasteiger partial charge in [0.05, 0.1) is 32.3 Å². The number of hydrogen-bond acceptors (Lipinski definition) is 4. The number of fused-ring (bicyclic) bond motifs is 14. The molecule has 4 heterocycles. The number of para-hydroxylation sites is 1. The second-order valence-corrected chi connectivity index (χ2v) is 19.4. The highest BCUT2D eigenvalue weighted by Crippen LogP contribution is 2.52. The fraction of sp³-hybridized carbons (Fsp3) is 0.0517. The van der Waals surface area contributed by atoms with Gasteiger partial charge in [0.25, 0.3) is 0 Å². The van der Waals surface area contributed by atoms with Crippen molar-refractivity contribution in [3.8, 4) is 33.4 Å². The zero-order valence-corrected chi connectivity index (χ0v) is 36.2. The van der Waals surface area contributed by atoms with E-state index < -0.39 is 0 Å². The van der Waals surface area contributed by atoms with Gasteiger partial charge < -0.3 is 9.30 Å². The summed E-state index contributed by atoms with van der Waals surface area (Å²) in [6.07, 6.45) is 0. The number of thiazole rings is 1. The summed E-state index contributed by atoms with van der Waals surface area (Å²) < 4.78 is 6.38. The summed E-state index contributed by atoms with van der Waals surface area (Å²) in [6.45, 7) is 4.73. The number of hydrogen-bond donors (Lipinski definition) is 0. The molecule has 9 aromatic carbocycles. The fourth-order valence-electron chi connectivity index (χ4n) is 11.0. The van der Waals surface area contributed by atoms with Crippen molar-refractivity contribution in [1.29, 1.82) is 0 Å². The first-order chi connectivity index (χ1) is 31.0. The minimum absolute atomic E-state index is 0.127. The van der Waals surface area contributed by atoms with E-state index in [2.05, 4.69) is 205 Å². The second kappa shape index (κ2) is 12.9. The van der Waals surface area contributed by atoms with Gasteiger partial charge in [0.2, 0.25) is 0 Å². The molecular weight excluding hydrogens is 803 g/mol. The Labute approximate surface area is 371 Å². The molecule has 1 aliphatic carbocycles. The molecule has 0 fully saturated rings. The third kappa shape index (κ3) is 4.86. The largest absolute Gasteiger partial charge is 0.310 e. The number of aromatic nitrogens is 2. The lowest BCUT2D eigenvalue weighted by Gasteiger charge is -2.28. The number of benzene rings is 9. The van der Waals surface area contributed by atoms with E-state index in [9.17, 15) is 0 Å². The van der Waals surface area contributed by atoms with Gasteiger partial charge in [-0.2, -0.15) is 0 Å². The molecule has 0 N–H and O–H groups in total. The van der Waals surface area contributed by atoms with Crippen LogP contribution in [0.2, 0.25) is 0 Å². The van der Waals surface area contributed by atoms with E-state index in [-0.39, 0.29) is 5.41 Å². The van der Waals surface area contributed by atoms with E-state index in [1.807, 2.05) is 16.8 Å². The highest BCUT2D eigenvalue weighted by molar-refractivity contribution is 7.26. The third-order valence-corrected chi connectivity index (χ3v) is 16.0. The van der Waals surface area contributed by atoms with Gasteiger partial charge >= 0.3 is 0 Å². The number of rotatable bonds is 5. The van der Waals surface area contributed by atoms with Gasteiger partial charge in [-0.1, -0.05) is 141 Å². The average molecular weight is 840 g/mol. The molecule has 0 aliphatic heterocycles. The zero-order valence-electron chi connectivity index (χ0n) is 34.6. The van der Waals surface area contributed by atoms with Crippen LogP contribution in [0.5, 0.6) is 0 Å². The summed E-state index contributed by atoms with van der Waals surface area (Å²) >= 11 is 3.64. The standard InChI is InChI=1S/C58H37N3S2/c1-58(2)48-20-8-6-14-41(48)42-28-26-38(31-49(42)58)60(37-27-29-52-46(30-37)47-32-50-57(62-33-59-50)53-45-15-7-9-21-51(45)61(52)54(47)53)36-24-22-35(23-25-36)40-17-11-19-44-43-18-10-16-39(55(43)63-56(40)44)34-12-4-3-5-13-34/h3-33H,1-2H3. The number of nitrogens with zero attached hydrogens (tertiary/aromatic N) is 3. The zero-order chi connectivity index (χ0) is 41.6. The molecule has 0 unspecified atom stereocenters. The first-order valence-electron chi connectivity index (χ1n) is 21.6. The van der Waals surface area contributed by atoms with Crippen LogP contribution in [-0.4, -0.2) is 9.38 Å². The van der Waals surface area contributed by atoms with Crippen LogP contribution in [0.1, 0.15) is 25.0 Å². The van der Waals surface area contributed by atoms with Gasteiger partial charge in [0.1, 0.15) is 0 Å². The Hall–Kier alpha value is -7.31. The Morgan fingerprint density at radius 3 is 1.89 bits per heavy atom. The lowest BCUT2D eigenvalue weighted by Crippen LogP contribution is -2.16. The Bertz CT molecular complexity index is 4000. The molecule has 13 aromatic rings. The van der Waals surface area contributed by atoms with Crippen molar-refractivity contribution in [3.63, 3.8) is 0 Å². The van der Waals surface area contributed by atoms with Crippen LogP contribution in [0.3, 0.4) is 0 Å². The van der Waals surface area contributed by atoms with Crippen LogP contribution in [0.25, 0.3) is 102 Å². The molecule has 0 amide bonds. The minimum Gasteiger partial charge on any atom is -0.310 e. The molecule has 4 aromatic heterocycles. The van der Waals surface area contributed by atoms with Crippen molar-refractivity contribution in [1.82, 2.24) is 9.38 Å². The summed E-state index contributed by atoms with van der Waals surface area (Å²) in [4.78, 5) is 7.32. The van der Waals surface area contributed by atoms with Gasteiger partial charge in [-0.25, -0.2) is 4.98 Å². The molecule has 0 radical (unpaired) electrons. The van der Waals surface area contributed by atoms with Crippen LogP contribution in [-0.2, 0) is 5.41 Å². The van der Waals surface area contributed by atoms with Crippen molar-refractivity contribution in [2.75, 3.05) is 4.90 Å². The van der Waals surface area contributed by atoms with Crippen LogP contribution < -0.4 is 4.90 Å². The molecule has 14 rings (SSSR count). The molecule has 63 heavy (non-hydrogen) atoms. The maximum atomic E-state index is 4.86. The highest BCUT2D eigenvalue weighted by atomic mass is 32.1. The molecule has 0 saturated heterocycles. The Morgan fingerprint density at radius 2 is 1.08 bits per heavy atom. The summed E-state index contributed by atoms with van der Waals surface area (Å²) in [5, 5.41) is 7.67. The third-order valence-electron chi connectivity index (χ3n) is 13.9. The first kappa shape index (κ1) is 35.3. The lowest BCUT2D eigenvalue weighted by molar-refractivity contribution is 0.660. The molecule has 296 valence electrons. The highest BCUT2D eigenvalue weighted by Gasteiger charge is 2.36. The van der Waals surface area contributed by atoms with E-state index >= 15 is 0 Å². The summed E-state index contributed by atoms with van der Waals surface area (Å²) in [6, 6.07) is 67.8. The summed E-state index contributed by atoms with van der Waals surface area (Å²) in [7, 11) is 0. The maximum Gasteiger partial charge on any atom is 0.0826 e. The summed E-state index contributed by atoms with van der Waals surface area (Å²) in [5.74, 6) is 0. The van der Waals surface area contributed by atoms with Crippen LogP contribution >= 0.6 is 22.7 Å². The molecule has 5 heteroatoms. The number of anilines is 3. The lowest BCUT2D eigenvalue weighted by atomic mass is 9.82. The fourth-order valence-corrected chi connectivity index (χ4v) is 13.2. The second-order valence-electron chi connectivity index (χ2n) is 17.5. The quantitative estimate of drug-likeness (QED) is 0.172. The SMILES string of the molecule is CC1(C)c2ccccc2-c2ccc(N(c3ccc(-c4cccc5c4sc4c(-c6ccccc6)cccc45)cc3)c3ccc4c(c3)c3cc5ncsc5c5c6ccccc6n4c35)cc21. The van der Waals surface area contributed by atoms with E-state index in [1.165, 1.54) is 107 Å². The molecular formula is C58H37N3S2. The van der Waals surface area contributed by atoms with Gasteiger partial charge in [-0.15, -0.1) is 22.7 Å². The Morgan fingerprint density at radius 1 is 0.460 bits per heavy atom. The summed E-state index contributed by atoms with van der Waals surface area (Å²) in [5.41, 5.74) is 20.4. The molecule has 0 atom stereocenters. The Balaban J connectivity index is 0.961. The molecule has 0 saturated carbocycles. The monoisotopic (exact) mass is 839 g/mol. The van der Waals surface area contributed by atoms with E-state index in [0.717, 1.165) is 22.6 Å². The van der Waals surface area contributed by atoms with Crippen molar-refractivity contribution in [2.45, 2.75) is 19.3 Å². The van der Waals surface area contributed by atoms with Gasteiger partial charge in [-0.05, 0) is 99.1 Å².